The number of nitrogens with one attached hydrogen (secondary N) is 1. The molecule has 1 aliphatic carbocycles. The fraction of sp³-hybridized carbons (Fsp3) is 0.688. The zero-order valence-electron chi connectivity index (χ0n) is 12.2. The van der Waals surface area contributed by atoms with Gasteiger partial charge in [0, 0.05) is 43.1 Å². The molecule has 0 radical (unpaired) electrons. The molecule has 1 saturated heterocycles. The van der Waals surface area contributed by atoms with Gasteiger partial charge in [-0.3, -0.25) is 9.88 Å². The topological polar surface area (TPSA) is 28.2 Å². The third-order valence-corrected chi connectivity index (χ3v) is 4.44. The number of hydrogen-bond acceptors (Lipinski definition) is 3. The molecule has 1 N–H and O–H groups in total. The summed E-state index contributed by atoms with van der Waals surface area (Å²) in [5.74, 6) is 0. The Labute approximate surface area is 116 Å². The standard InChI is InChI=1S/C16H25N3/c1-15(2)12-19(11-14-6-5-9-17-10-14)13-16(18-15)7-3-4-8-16/h5-6,9-10,18H,3-4,7-8,11-13H2,1-2H3. The molecule has 3 nitrogen and oxygen atoms in total. The van der Waals surface area contributed by atoms with Gasteiger partial charge in [-0.2, -0.15) is 0 Å². The molecule has 3 heteroatoms. The minimum atomic E-state index is 0.213. The molecule has 0 unspecified atom stereocenters. The first-order valence-corrected chi connectivity index (χ1v) is 7.48. The number of rotatable bonds is 2. The van der Waals surface area contributed by atoms with Crippen LogP contribution in [0.5, 0.6) is 0 Å². The highest BCUT2D eigenvalue weighted by atomic mass is 15.3. The molecular formula is C16H25N3. The SMILES string of the molecule is CC1(C)CN(Cc2cccnc2)CC2(CCCC2)N1. The van der Waals surface area contributed by atoms with Gasteiger partial charge in [0.25, 0.3) is 0 Å². The minimum absolute atomic E-state index is 0.213. The molecule has 0 bridgehead atoms. The van der Waals surface area contributed by atoms with Crippen LogP contribution in [0.15, 0.2) is 24.5 Å². The molecule has 104 valence electrons. The van der Waals surface area contributed by atoms with E-state index in [1.807, 2.05) is 18.5 Å². The summed E-state index contributed by atoms with van der Waals surface area (Å²) < 4.78 is 0. The van der Waals surface area contributed by atoms with Gasteiger partial charge in [-0.1, -0.05) is 18.9 Å². The average Bonchev–Trinajstić information content (AvgIpc) is 2.75. The number of nitrogens with zero attached hydrogens (tertiary/aromatic N) is 2. The Hall–Kier alpha value is -0.930. The molecule has 1 saturated carbocycles. The smallest absolute Gasteiger partial charge is 0.0314 e. The molecule has 0 amide bonds. The highest BCUT2D eigenvalue weighted by Crippen LogP contribution is 2.35. The quantitative estimate of drug-likeness (QED) is 0.885. The summed E-state index contributed by atoms with van der Waals surface area (Å²) in [5, 5.41) is 3.93. The average molecular weight is 259 g/mol. The van der Waals surface area contributed by atoms with Gasteiger partial charge in [0.15, 0.2) is 0 Å². The predicted octanol–water partition coefficient (Wildman–Crippen LogP) is 2.58. The molecule has 0 aromatic carbocycles. The number of hydrogen-bond donors (Lipinski definition) is 1. The minimum Gasteiger partial charge on any atom is -0.304 e. The molecule has 1 spiro atoms. The Morgan fingerprint density at radius 1 is 1.26 bits per heavy atom. The first-order chi connectivity index (χ1) is 9.07. The van der Waals surface area contributed by atoms with E-state index in [1.54, 1.807) is 0 Å². The molecule has 1 aromatic rings. The molecule has 2 fully saturated rings. The molecule has 19 heavy (non-hydrogen) atoms. The van der Waals surface area contributed by atoms with E-state index in [2.05, 4.69) is 35.1 Å². The Kier molecular flexibility index (Phi) is 3.35. The summed E-state index contributed by atoms with van der Waals surface area (Å²) in [6, 6.07) is 4.22. The Morgan fingerprint density at radius 2 is 2.05 bits per heavy atom. The van der Waals surface area contributed by atoms with Crippen molar-refractivity contribution >= 4 is 0 Å². The summed E-state index contributed by atoms with van der Waals surface area (Å²) in [7, 11) is 0. The summed E-state index contributed by atoms with van der Waals surface area (Å²) >= 11 is 0. The van der Waals surface area contributed by atoms with E-state index >= 15 is 0 Å². The zero-order chi connectivity index (χ0) is 13.3. The third-order valence-electron chi connectivity index (χ3n) is 4.44. The summed E-state index contributed by atoms with van der Waals surface area (Å²) in [6.07, 6.45) is 9.27. The van der Waals surface area contributed by atoms with E-state index < -0.39 is 0 Å². The molecule has 3 rings (SSSR count). The summed E-state index contributed by atoms with van der Waals surface area (Å²) in [4.78, 5) is 6.84. The Morgan fingerprint density at radius 3 is 2.74 bits per heavy atom. The van der Waals surface area contributed by atoms with Crippen molar-refractivity contribution < 1.29 is 0 Å². The summed E-state index contributed by atoms with van der Waals surface area (Å²) in [6.45, 7) is 8.00. The van der Waals surface area contributed by atoms with Crippen LogP contribution in [-0.4, -0.2) is 34.1 Å². The highest BCUT2D eigenvalue weighted by molar-refractivity contribution is 5.11. The van der Waals surface area contributed by atoms with Gasteiger partial charge in [0.05, 0.1) is 0 Å². The van der Waals surface area contributed by atoms with Crippen molar-refractivity contribution in [1.29, 1.82) is 0 Å². The molecule has 2 heterocycles. The van der Waals surface area contributed by atoms with Gasteiger partial charge in [0.1, 0.15) is 0 Å². The van der Waals surface area contributed by atoms with Crippen LogP contribution in [0.2, 0.25) is 0 Å². The van der Waals surface area contributed by atoms with Crippen molar-refractivity contribution in [1.82, 2.24) is 15.2 Å². The molecule has 2 aliphatic rings. The predicted molar refractivity (Wildman–Crippen MR) is 77.9 cm³/mol. The van der Waals surface area contributed by atoms with Gasteiger partial charge >= 0.3 is 0 Å². The van der Waals surface area contributed by atoms with E-state index in [1.165, 1.54) is 37.8 Å². The van der Waals surface area contributed by atoms with Crippen LogP contribution >= 0.6 is 0 Å². The fourth-order valence-electron chi connectivity index (χ4n) is 4.04. The van der Waals surface area contributed by atoms with Crippen LogP contribution in [0.1, 0.15) is 45.1 Å². The van der Waals surface area contributed by atoms with E-state index in [0.29, 0.717) is 5.54 Å². The molecule has 0 atom stereocenters. The lowest BCUT2D eigenvalue weighted by molar-refractivity contribution is 0.0572. The van der Waals surface area contributed by atoms with Gasteiger partial charge in [-0.05, 0) is 38.3 Å². The van der Waals surface area contributed by atoms with Crippen molar-refractivity contribution in [3.63, 3.8) is 0 Å². The third kappa shape index (κ3) is 2.98. The fourth-order valence-corrected chi connectivity index (χ4v) is 4.04. The maximum atomic E-state index is 4.23. The van der Waals surface area contributed by atoms with Crippen molar-refractivity contribution in [2.75, 3.05) is 13.1 Å². The number of aromatic nitrogens is 1. The lowest BCUT2D eigenvalue weighted by atomic mass is 9.87. The Balaban J connectivity index is 1.74. The lowest BCUT2D eigenvalue weighted by Gasteiger charge is -2.50. The van der Waals surface area contributed by atoms with Crippen molar-refractivity contribution in [2.45, 2.75) is 57.2 Å². The van der Waals surface area contributed by atoms with Gasteiger partial charge in [-0.15, -0.1) is 0 Å². The van der Waals surface area contributed by atoms with Crippen molar-refractivity contribution in [2.24, 2.45) is 0 Å². The number of pyridine rings is 1. The zero-order valence-corrected chi connectivity index (χ0v) is 12.2. The van der Waals surface area contributed by atoms with E-state index in [-0.39, 0.29) is 5.54 Å². The monoisotopic (exact) mass is 259 g/mol. The first-order valence-electron chi connectivity index (χ1n) is 7.48. The lowest BCUT2D eigenvalue weighted by Crippen LogP contribution is -2.67. The van der Waals surface area contributed by atoms with E-state index in [4.69, 9.17) is 0 Å². The summed E-state index contributed by atoms with van der Waals surface area (Å²) in [5.41, 5.74) is 1.91. The maximum absolute atomic E-state index is 4.23. The van der Waals surface area contributed by atoms with Crippen molar-refractivity contribution in [3.8, 4) is 0 Å². The van der Waals surface area contributed by atoms with Crippen LogP contribution in [0.4, 0.5) is 0 Å². The Bertz CT molecular complexity index is 421. The van der Waals surface area contributed by atoms with E-state index in [9.17, 15) is 0 Å². The van der Waals surface area contributed by atoms with Gasteiger partial charge < -0.3 is 5.32 Å². The van der Waals surface area contributed by atoms with Crippen LogP contribution in [0.25, 0.3) is 0 Å². The van der Waals surface area contributed by atoms with Gasteiger partial charge in [0.2, 0.25) is 0 Å². The normalized spacial score (nSPS) is 25.8. The van der Waals surface area contributed by atoms with E-state index in [0.717, 1.165) is 13.1 Å². The number of piperazine rings is 1. The maximum Gasteiger partial charge on any atom is 0.0314 e. The van der Waals surface area contributed by atoms with Crippen LogP contribution in [0.3, 0.4) is 0 Å². The molecule has 1 aliphatic heterocycles. The van der Waals surface area contributed by atoms with Crippen LogP contribution in [-0.2, 0) is 6.54 Å². The van der Waals surface area contributed by atoms with Crippen LogP contribution in [0, 0.1) is 0 Å². The second-order valence-corrected chi connectivity index (χ2v) is 7.00. The second-order valence-electron chi connectivity index (χ2n) is 7.00. The highest BCUT2D eigenvalue weighted by Gasteiger charge is 2.43. The molecule has 1 aromatic heterocycles. The van der Waals surface area contributed by atoms with Crippen molar-refractivity contribution in [3.05, 3.63) is 30.1 Å². The molecular weight excluding hydrogens is 234 g/mol. The van der Waals surface area contributed by atoms with Gasteiger partial charge in [-0.25, -0.2) is 0 Å². The first kappa shape index (κ1) is 13.1. The largest absolute Gasteiger partial charge is 0.304 e. The van der Waals surface area contributed by atoms with Crippen LogP contribution < -0.4 is 5.32 Å². The second kappa shape index (κ2) is 4.88.